The molecule has 1 heterocycles. The molecule has 1 aromatic heterocycles. The molecule has 1 amide bonds. The number of hydrogen-bond donors (Lipinski definition) is 2. The molecule has 3 aromatic carbocycles. The van der Waals surface area contributed by atoms with Crippen LogP contribution in [0.5, 0.6) is 11.5 Å². The van der Waals surface area contributed by atoms with Crippen LogP contribution in [-0.4, -0.2) is 28.4 Å². The Morgan fingerprint density at radius 3 is 2.71 bits per heavy atom. The Hall–Kier alpha value is -4.71. The van der Waals surface area contributed by atoms with Crippen molar-refractivity contribution >= 4 is 23.0 Å². The first-order chi connectivity index (χ1) is 16.4. The average Bonchev–Trinajstić information content (AvgIpc) is 3.24. The van der Waals surface area contributed by atoms with Gasteiger partial charge in [-0.05, 0) is 48.0 Å². The van der Waals surface area contributed by atoms with Gasteiger partial charge in [0.05, 0.1) is 11.8 Å². The Kier molecular flexibility index (Phi) is 6.50. The molecule has 0 aliphatic heterocycles. The normalized spacial score (nSPS) is 11.1. The number of phenolic OH excluding ortho intramolecular Hbond substituents is 1. The predicted octanol–water partition coefficient (Wildman–Crippen LogP) is 4.63. The van der Waals surface area contributed by atoms with E-state index in [1.165, 1.54) is 36.5 Å². The zero-order chi connectivity index (χ0) is 24.1. The van der Waals surface area contributed by atoms with Crippen molar-refractivity contribution in [3.63, 3.8) is 0 Å². The third kappa shape index (κ3) is 5.02. The third-order valence-electron chi connectivity index (χ3n) is 5.10. The molecular weight excluding hydrogens is 442 g/mol. The molecule has 0 aliphatic carbocycles. The minimum atomic E-state index is -2.86. The van der Waals surface area contributed by atoms with Gasteiger partial charge in [-0.2, -0.15) is 19.1 Å². The average molecular weight is 460 g/mol. The molecule has 9 heteroatoms. The fourth-order valence-corrected chi connectivity index (χ4v) is 3.46. The van der Waals surface area contributed by atoms with Crippen molar-refractivity contribution in [2.24, 2.45) is 5.10 Å². The number of carbonyl (C=O) groups excluding carboxylic acids is 1. The second-order valence-corrected chi connectivity index (χ2v) is 7.29. The van der Waals surface area contributed by atoms with Gasteiger partial charge in [-0.1, -0.05) is 24.3 Å². The lowest BCUT2D eigenvalue weighted by atomic mass is 10.1. The quantitative estimate of drug-likeness (QED) is 0.310. The van der Waals surface area contributed by atoms with Crippen LogP contribution in [0.15, 0.2) is 78.0 Å². The Labute approximate surface area is 193 Å². The minimum absolute atomic E-state index is 0.000996. The standard InChI is InChI=1S/C25H18F2N4O3/c26-25(27)34-20-7-4-16(5-8-20)15-31-11-10-21-18(2-1-3-22(21)31)14-29-30-24(33)17-6-9-23(32)19(12-17)13-28/h1-12,14,25,32H,15H2,(H,30,33)/b29-14+. The summed E-state index contributed by atoms with van der Waals surface area (Å²) in [7, 11) is 0. The predicted molar refractivity (Wildman–Crippen MR) is 122 cm³/mol. The summed E-state index contributed by atoms with van der Waals surface area (Å²) < 4.78 is 31.0. The van der Waals surface area contributed by atoms with Gasteiger partial charge in [0.25, 0.3) is 5.91 Å². The van der Waals surface area contributed by atoms with Gasteiger partial charge in [-0.3, -0.25) is 4.79 Å². The van der Waals surface area contributed by atoms with Crippen LogP contribution in [0.4, 0.5) is 8.78 Å². The lowest BCUT2D eigenvalue weighted by Crippen LogP contribution is -2.17. The molecule has 4 aromatic rings. The molecule has 0 aliphatic rings. The zero-order valence-electron chi connectivity index (χ0n) is 17.7. The molecule has 0 bridgehead atoms. The van der Waals surface area contributed by atoms with E-state index in [0.29, 0.717) is 6.54 Å². The Bertz CT molecular complexity index is 1410. The molecule has 0 saturated heterocycles. The molecule has 34 heavy (non-hydrogen) atoms. The SMILES string of the molecule is N#Cc1cc(C(=O)N/N=C/c2cccc3c2ccn3Cc2ccc(OC(F)F)cc2)ccc1O. The van der Waals surface area contributed by atoms with Crippen LogP contribution in [0.25, 0.3) is 10.9 Å². The number of ether oxygens (including phenoxy) is 1. The van der Waals surface area contributed by atoms with Gasteiger partial charge in [0.15, 0.2) is 0 Å². The van der Waals surface area contributed by atoms with Crippen molar-refractivity contribution in [3.05, 3.63) is 95.2 Å². The summed E-state index contributed by atoms with van der Waals surface area (Å²) in [5, 5.41) is 23.5. The van der Waals surface area contributed by atoms with Crippen molar-refractivity contribution in [1.29, 1.82) is 5.26 Å². The molecule has 7 nitrogen and oxygen atoms in total. The van der Waals surface area contributed by atoms with E-state index in [9.17, 15) is 18.7 Å². The number of aromatic nitrogens is 1. The second-order valence-electron chi connectivity index (χ2n) is 7.29. The van der Waals surface area contributed by atoms with Crippen molar-refractivity contribution in [3.8, 4) is 17.6 Å². The smallest absolute Gasteiger partial charge is 0.387 e. The van der Waals surface area contributed by atoms with Crippen molar-refractivity contribution in [2.45, 2.75) is 13.2 Å². The number of nitrogens with zero attached hydrogens (tertiary/aromatic N) is 3. The number of nitriles is 1. The van der Waals surface area contributed by atoms with Crippen LogP contribution in [0, 0.1) is 11.3 Å². The lowest BCUT2D eigenvalue weighted by Gasteiger charge is -2.08. The van der Waals surface area contributed by atoms with E-state index in [-0.39, 0.29) is 22.6 Å². The fraction of sp³-hybridized carbons (Fsp3) is 0.0800. The number of halogens is 2. The van der Waals surface area contributed by atoms with E-state index < -0.39 is 12.5 Å². The van der Waals surface area contributed by atoms with Crippen LogP contribution in [0.1, 0.15) is 27.0 Å². The van der Waals surface area contributed by atoms with E-state index >= 15 is 0 Å². The molecule has 4 rings (SSSR count). The summed E-state index contributed by atoms with van der Waals surface area (Å²) in [4.78, 5) is 12.3. The number of hydrazone groups is 1. The number of nitrogens with one attached hydrogen (secondary N) is 1. The van der Waals surface area contributed by atoms with E-state index in [2.05, 4.69) is 15.3 Å². The van der Waals surface area contributed by atoms with E-state index in [1.807, 2.05) is 41.1 Å². The summed E-state index contributed by atoms with van der Waals surface area (Å²) in [5.74, 6) is -0.610. The monoisotopic (exact) mass is 460 g/mol. The minimum Gasteiger partial charge on any atom is -0.507 e. The van der Waals surface area contributed by atoms with Crippen LogP contribution < -0.4 is 10.2 Å². The highest BCUT2D eigenvalue weighted by Gasteiger charge is 2.09. The van der Waals surface area contributed by atoms with Crippen molar-refractivity contribution in [2.75, 3.05) is 0 Å². The van der Waals surface area contributed by atoms with E-state index in [1.54, 1.807) is 12.1 Å². The first-order valence-corrected chi connectivity index (χ1v) is 10.1. The van der Waals surface area contributed by atoms with Gasteiger partial charge < -0.3 is 14.4 Å². The number of benzene rings is 3. The molecule has 0 radical (unpaired) electrons. The van der Waals surface area contributed by atoms with Gasteiger partial charge in [0.2, 0.25) is 0 Å². The highest BCUT2D eigenvalue weighted by atomic mass is 19.3. The van der Waals surface area contributed by atoms with Gasteiger partial charge in [-0.15, -0.1) is 0 Å². The molecule has 0 spiro atoms. The maximum atomic E-state index is 12.3. The summed E-state index contributed by atoms with van der Waals surface area (Å²) in [6.07, 6.45) is 3.43. The number of alkyl halides is 2. The number of carbonyl (C=O) groups is 1. The maximum Gasteiger partial charge on any atom is 0.387 e. The van der Waals surface area contributed by atoms with Crippen LogP contribution >= 0.6 is 0 Å². The second kappa shape index (κ2) is 9.83. The van der Waals surface area contributed by atoms with Gasteiger partial charge in [0, 0.05) is 34.8 Å². The van der Waals surface area contributed by atoms with Gasteiger partial charge >= 0.3 is 6.61 Å². The largest absolute Gasteiger partial charge is 0.507 e. The maximum absolute atomic E-state index is 12.3. The first kappa shape index (κ1) is 22.5. The Morgan fingerprint density at radius 2 is 1.97 bits per heavy atom. The van der Waals surface area contributed by atoms with Gasteiger partial charge in [0.1, 0.15) is 17.6 Å². The number of aromatic hydroxyl groups is 1. The number of amides is 1. The molecule has 0 atom stereocenters. The summed E-state index contributed by atoms with van der Waals surface area (Å²) in [5.41, 5.74) is 5.23. The summed E-state index contributed by atoms with van der Waals surface area (Å²) >= 11 is 0. The molecule has 0 unspecified atom stereocenters. The topological polar surface area (TPSA) is 99.6 Å². The van der Waals surface area contributed by atoms with Crippen LogP contribution in [0.3, 0.4) is 0 Å². The number of phenols is 1. The van der Waals surface area contributed by atoms with Crippen molar-refractivity contribution < 1.29 is 23.4 Å². The highest BCUT2D eigenvalue weighted by molar-refractivity contribution is 6.00. The summed E-state index contributed by atoms with van der Waals surface area (Å²) in [6, 6.07) is 19.8. The van der Waals surface area contributed by atoms with Crippen molar-refractivity contribution in [1.82, 2.24) is 9.99 Å². The van der Waals surface area contributed by atoms with E-state index in [4.69, 9.17) is 5.26 Å². The number of rotatable bonds is 7. The fourth-order valence-electron chi connectivity index (χ4n) is 3.46. The molecule has 170 valence electrons. The lowest BCUT2D eigenvalue weighted by molar-refractivity contribution is -0.0498. The molecule has 0 fully saturated rings. The zero-order valence-corrected chi connectivity index (χ0v) is 17.7. The number of hydrogen-bond acceptors (Lipinski definition) is 5. The number of fused-ring (bicyclic) bond motifs is 1. The Balaban J connectivity index is 1.48. The third-order valence-corrected chi connectivity index (χ3v) is 5.10. The van der Waals surface area contributed by atoms with Crippen LogP contribution in [-0.2, 0) is 6.54 Å². The molecule has 0 saturated carbocycles. The van der Waals surface area contributed by atoms with Gasteiger partial charge in [-0.25, -0.2) is 5.43 Å². The van der Waals surface area contributed by atoms with Crippen LogP contribution in [0.2, 0.25) is 0 Å². The van der Waals surface area contributed by atoms with E-state index in [0.717, 1.165) is 22.0 Å². The first-order valence-electron chi connectivity index (χ1n) is 10.1. The summed E-state index contributed by atoms with van der Waals surface area (Å²) in [6.45, 7) is -2.34. The highest BCUT2D eigenvalue weighted by Crippen LogP contribution is 2.22. The molecule has 2 N–H and O–H groups in total. The molecular formula is C25H18F2N4O3. The Morgan fingerprint density at radius 1 is 1.18 bits per heavy atom.